The van der Waals surface area contributed by atoms with Crippen LogP contribution in [0.3, 0.4) is 0 Å². The van der Waals surface area contributed by atoms with Crippen molar-refractivity contribution in [3.8, 4) is 0 Å². The number of carbonyl (C=O) groups is 3. The second-order valence-corrected chi connectivity index (χ2v) is 7.26. The Balaban J connectivity index is 2.21. The molecule has 0 saturated heterocycles. The number of amides is 3. The second-order valence-electron chi connectivity index (χ2n) is 6.41. The second kappa shape index (κ2) is 10.1. The van der Waals surface area contributed by atoms with Gasteiger partial charge in [-0.2, -0.15) is 0 Å². The van der Waals surface area contributed by atoms with Gasteiger partial charge in [0.15, 0.2) is 0 Å². The first-order valence-corrected chi connectivity index (χ1v) is 8.84. The normalized spacial score (nSPS) is 10.8. The Morgan fingerprint density at radius 3 is 2.38 bits per heavy atom. The summed E-state index contributed by atoms with van der Waals surface area (Å²) < 4.78 is 18.7. The lowest BCUT2D eigenvalue weighted by Crippen LogP contribution is -2.38. The minimum absolute atomic E-state index is 0.0606. The Bertz CT molecular complexity index is 662. The van der Waals surface area contributed by atoms with Gasteiger partial charge in [0, 0.05) is 30.5 Å². The number of carbonyl (C=O) groups excluding carboxylic acids is 3. The average Bonchev–Trinajstić information content (AvgIpc) is 2.52. The van der Waals surface area contributed by atoms with Gasteiger partial charge in [-0.15, -0.1) is 0 Å². The van der Waals surface area contributed by atoms with Crippen molar-refractivity contribution in [2.24, 2.45) is 0 Å². The molecule has 26 heavy (non-hydrogen) atoms. The summed E-state index contributed by atoms with van der Waals surface area (Å²) in [6, 6.07) is 3.79. The molecule has 1 aromatic carbocycles. The summed E-state index contributed by atoms with van der Waals surface area (Å²) in [6.07, 6.45) is -0.495. The molecule has 0 saturated carbocycles. The molecule has 0 aromatic heterocycles. The van der Waals surface area contributed by atoms with Crippen LogP contribution >= 0.6 is 15.9 Å². The van der Waals surface area contributed by atoms with Crippen LogP contribution in [-0.4, -0.2) is 43.1 Å². The number of hydrogen-bond donors (Lipinski definition) is 3. The monoisotopic (exact) mass is 431 g/mol. The van der Waals surface area contributed by atoms with Crippen LogP contribution < -0.4 is 16.0 Å². The highest BCUT2D eigenvalue weighted by atomic mass is 79.9. The molecule has 0 unspecified atom stereocenters. The van der Waals surface area contributed by atoms with Gasteiger partial charge < -0.3 is 20.7 Å². The van der Waals surface area contributed by atoms with Gasteiger partial charge in [-0.1, -0.05) is 0 Å². The summed E-state index contributed by atoms with van der Waals surface area (Å²) in [7, 11) is 0. The fourth-order valence-electron chi connectivity index (χ4n) is 1.83. The SMILES string of the molecule is CC(C)(C)OC(=O)NCCNC(=O)CCNC(=O)c1cc(F)ccc1Br. The summed E-state index contributed by atoms with van der Waals surface area (Å²) in [5.74, 6) is -1.28. The van der Waals surface area contributed by atoms with Crippen LogP contribution in [0.4, 0.5) is 9.18 Å². The molecule has 0 fully saturated rings. The molecule has 3 amide bonds. The van der Waals surface area contributed by atoms with Gasteiger partial charge in [0.1, 0.15) is 11.4 Å². The molecule has 0 atom stereocenters. The number of nitrogens with one attached hydrogen (secondary N) is 3. The van der Waals surface area contributed by atoms with Crippen molar-refractivity contribution in [1.82, 2.24) is 16.0 Å². The molecule has 0 aliphatic heterocycles. The number of benzene rings is 1. The number of ether oxygens (including phenoxy) is 1. The van der Waals surface area contributed by atoms with E-state index in [9.17, 15) is 18.8 Å². The van der Waals surface area contributed by atoms with E-state index in [-0.39, 0.29) is 37.5 Å². The predicted molar refractivity (Wildman–Crippen MR) is 98.3 cm³/mol. The highest BCUT2D eigenvalue weighted by molar-refractivity contribution is 9.10. The minimum Gasteiger partial charge on any atom is -0.444 e. The Kier molecular flexibility index (Phi) is 8.50. The molecule has 0 spiro atoms. The van der Waals surface area contributed by atoms with E-state index >= 15 is 0 Å². The Labute approximate surface area is 160 Å². The van der Waals surface area contributed by atoms with Crippen LogP contribution in [0.25, 0.3) is 0 Å². The van der Waals surface area contributed by atoms with Crippen molar-refractivity contribution >= 4 is 33.8 Å². The fraction of sp³-hybridized carbons (Fsp3) is 0.471. The molecule has 7 nitrogen and oxygen atoms in total. The first-order valence-electron chi connectivity index (χ1n) is 8.05. The molecule has 0 heterocycles. The van der Waals surface area contributed by atoms with Gasteiger partial charge in [0.05, 0.1) is 5.56 Å². The number of hydrogen-bond acceptors (Lipinski definition) is 4. The number of alkyl carbamates (subject to hydrolysis) is 1. The molecule has 3 N–H and O–H groups in total. The third-order valence-corrected chi connectivity index (χ3v) is 3.62. The van der Waals surface area contributed by atoms with Gasteiger partial charge >= 0.3 is 6.09 Å². The van der Waals surface area contributed by atoms with Gasteiger partial charge in [0.2, 0.25) is 5.91 Å². The Hall–Kier alpha value is -2.16. The standard InChI is InChI=1S/C17H23BrFN3O4/c1-17(2,3)26-16(25)22-9-8-20-14(23)6-7-21-15(24)12-10-11(19)4-5-13(12)18/h4-5,10H,6-9H2,1-3H3,(H,20,23)(H,21,24)(H,22,25). The average molecular weight is 432 g/mol. The molecule has 144 valence electrons. The maximum atomic E-state index is 13.2. The highest BCUT2D eigenvalue weighted by Crippen LogP contribution is 2.17. The smallest absolute Gasteiger partial charge is 0.407 e. The highest BCUT2D eigenvalue weighted by Gasteiger charge is 2.15. The van der Waals surface area contributed by atoms with Crippen LogP contribution in [0.5, 0.6) is 0 Å². The summed E-state index contributed by atoms with van der Waals surface area (Å²) in [5.41, 5.74) is -0.422. The minimum atomic E-state index is -0.581. The predicted octanol–water partition coefficient (Wildman–Crippen LogP) is 2.35. The van der Waals surface area contributed by atoms with Crippen molar-refractivity contribution in [3.05, 3.63) is 34.1 Å². The molecule has 0 aliphatic rings. The van der Waals surface area contributed by atoms with Crippen molar-refractivity contribution in [3.63, 3.8) is 0 Å². The van der Waals surface area contributed by atoms with Crippen molar-refractivity contribution in [2.75, 3.05) is 19.6 Å². The van der Waals surface area contributed by atoms with Gasteiger partial charge in [0.25, 0.3) is 5.91 Å². The van der Waals surface area contributed by atoms with E-state index in [1.54, 1.807) is 20.8 Å². The summed E-state index contributed by atoms with van der Waals surface area (Å²) in [6.45, 7) is 5.83. The maximum Gasteiger partial charge on any atom is 0.407 e. The van der Waals surface area contributed by atoms with E-state index < -0.39 is 23.4 Å². The van der Waals surface area contributed by atoms with E-state index in [0.717, 1.165) is 6.07 Å². The van der Waals surface area contributed by atoms with Crippen molar-refractivity contribution < 1.29 is 23.5 Å². The molecule has 9 heteroatoms. The number of rotatable bonds is 7. The third-order valence-electron chi connectivity index (χ3n) is 2.93. The van der Waals surface area contributed by atoms with Crippen LogP contribution in [0.2, 0.25) is 0 Å². The lowest BCUT2D eigenvalue weighted by atomic mass is 10.2. The zero-order valence-electron chi connectivity index (χ0n) is 14.9. The zero-order valence-corrected chi connectivity index (χ0v) is 16.5. The van der Waals surface area contributed by atoms with E-state index in [2.05, 4.69) is 31.9 Å². The fourth-order valence-corrected chi connectivity index (χ4v) is 2.25. The maximum absolute atomic E-state index is 13.2. The van der Waals surface area contributed by atoms with Crippen molar-refractivity contribution in [2.45, 2.75) is 32.8 Å². The molecule has 0 aliphatic carbocycles. The topological polar surface area (TPSA) is 96.5 Å². The molecular weight excluding hydrogens is 409 g/mol. The first-order chi connectivity index (χ1) is 12.1. The Morgan fingerprint density at radius 2 is 1.73 bits per heavy atom. The zero-order chi connectivity index (χ0) is 19.7. The third kappa shape index (κ3) is 8.80. The van der Waals surface area contributed by atoms with Gasteiger partial charge in [-0.3, -0.25) is 9.59 Å². The van der Waals surface area contributed by atoms with Crippen molar-refractivity contribution in [1.29, 1.82) is 0 Å². The van der Waals surface area contributed by atoms with E-state index in [0.29, 0.717) is 4.47 Å². The van der Waals surface area contributed by atoms with E-state index in [4.69, 9.17) is 4.74 Å². The quantitative estimate of drug-likeness (QED) is 0.577. The molecule has 1 aromatic rings. The summed E-state index contributed by atoms with van der Waals surface area (Å²) >= 11 is 3.17. The molecule has 0 bridgehead atoms. The van der Waals surface area contributed by atoms with Crippen LogP contribution in [-0.2, 0) is 9.53 Å². The summed E-state index contributed by atoms with van der Waals surface area (Å²) in [5, 5.41) is 7.67. The lowest BCUT2D eigenvalue weighted by molar-refractivity contribution is -0.120. The van der Waals surface area contributed by atoms with E-state index in [1.165, 1.54) is 12.1 Å². The van der Waals surface area contributed by atoms with Gasteiger partial charge in [-0.25, -0.2) is 9.18 Å². The van der Waals surface area contributed by atoms with Crippen LogP contribution in [0.15, 0.2) is 22.7 Å². The summed E-state index contributed by atoms with van der Waals surface area (Å²) in [4.78, 5) is 35.0. The Morgan fingerprint density at radius 1 is 1.08 bits per heavy atom. The number of halogens is 2. The molecular formula is C17H23BrFN3O4. The van der Waals surface area contributed by atoms with Gasteiger partial charge in [-0.05, 0) is 54.9 Å². The molecule has 0 radical (unpaired) electrons. The largest absolute Gasteiger partial charge is 0.444 e. The first kappa shape index (κ1) is 21.9. The lowest BCUT2D eigenvalue weighted by Gasteiger charge is -2.19. The molecule has 1 rings (SSSR count). The van der Waals surface area contributed by atoms with E-state index in [1.807, 2.05) is 0 Å². The van der Waals surface area contributed by atoms with Crippen LogP contribution in [0, 0.1) is 5.82 Å². The van der Waals surface area contributed by atoms with Crippen LogP contribution in [0.1, 0.15) is 37.6 Å².